The van der Waals surface area contributed by atoms with Crippen molar-refractivity contribution < 1.29 is 4.79 Å². The molecule has 2 N–H and O–H groups in total. The van der Waals surface area contributed by atoms with E-state index in [0.29, 0.717) is 13.0 Å². The number of aliphatic imine (C=N–C) groups is 1. The molecule has 2 aromatic rings. The van der Waals surface area contributed by atoms with Crippen LogP contribution in [-0.2, 0) is 11.3 Å². The van der Waals surface area contributed by atoms with Gasteiger partial charge in [-0.25, -0.2) is 4.68 Å². The lowest BCUT2D eigenvalue weighted by Crippen LogP contribution is -2.44. The summed E-state index contributed by atoms with van der Waals surface area (Å²) in [7, 11) is 1.76. The summed E-state index contributed by atoms with van der Waals surface area (Å²) in [6.07, 6.45) is 5.20. The lowest BCUT2D eigenvalue weighted by atomic mass is 10.2. The van der Waals surface area contributed by atoms with Crippen LogP contribution >= 0.6 is 24.0 Å². The van der Waals surface area contributed by atoms with Crippen LogP contribution in [0.15, 0.2) is 47.7 Å². The number of benzene rings is 1. The van der Waals surface area contributed by atoms with E-state index in [-0.39, 0.29) is 35.9 Å². The summed E-state index contributed by atoms with van der Waals surface area (Å²) in [4.78, 5) is 18.0. The van der Waals surface area contributed by atoms with Gasteiger partial charge in [0.2, 0.25) is 5.91 Å². The first-order valence-corrected chi connectivity index (χ1v) is 9.03. The third-order valence-electron chi connectivity index (χ3n) is 4.55. The fourth-order valence-corrected chi connectivity index (χ4v) is 3.13. The zero-order chi connectivity index (χ0) is 18.4. The van der Waals surface area contributed by atoms with Gasteiger partial charge in [0.15, 0.2) is 5.96 Å². The quantitative estimate of drug-likeness (QED) is 0.389. The van der Waals surface area contributed by atoms with Crippen LogP contribution in [0.5, 0.6) is 0 Å². The summed E-state index contributed by atoms with van der Waals surface area (Å²) in [5.41, 5.74) is 2.18. The van der Waals surface area contributed by atoms with Crippen molar-refractivity contribution in [3.63, 3.8) is 0 Å². The third kappa shape index (κ3) is 5.69. The van der Waals surface area contributed by atoms with Gasteiger partial charge >= 0.3 is 0 Å². The zero-order valence-corrected chi connectivity index (χ0v) is 18.1. The summed E-state index contributed by atoms with van der Waals surface area (Å²) in [5, 5.41) is 11.0. The average Bonchev–Trinajstić information content (AvgIpc) is 3.36. The largest absolute Gasteiger partial charge is 0.352 e. The number of hydrogen-bond acceptors (Lipinski definition) is 3. The Kier molecular flexibility index (Phi) is 8.08. The Hall–Kier alpha value is -2.10. The van der Waals surface area contributed by atoms with Crippen molar-refractivity contribution in [2.24, 2.45) is 4.99 Å². The summed E-state index contributed by atoms with van der Waals surface area (Å²) in [6, 6.07) is 10.4. The number of likely N-dealkylation sites (tertiary alicyclic amines) is 1. The maximum absolute atomic E-state index is 11.8. The topological polar surface area (TPSA) is 74.6 Å². The highest BCUT2D eigenvalue weighted by Gasteiger charge is 2.25. The SMILES string of the molecule is CCC(=O)N1CCC(NC(=NC)NCc2cccc(-n3cccn3)c2)C1.I. The van der Waals surface area contributed by atoms with Crippen LogP contribution in [0.3, 0.4) is 0 Å². The number of nitrogens with one attached hydrogen (secondary N) is 2. The average molecular weight is 482 g/mol. The molecule has 1 fully saturated rings. The highest BCUT2D eigenvalue weighted by Crippen LogP contribution is 2.11. The second-order valence-electron chi connectivity index (χ2n) is 6.37. The van der Waals surface area contributed by atoms with Crippen LogP contribution in [0.4, 0.5) is 0 Å². The molecule has 8 heteroatoms. The van der Waals surface area contributed by atoms with E-state index < -0.39 is 0 Å². The molecule has 1 saturated heterocycles. The van der Waals surface area contributed by atoms with Gasteiger partial charge in [0, 0.05) is 51.5 Å². The summed E-state index contributed by atoms with van der Waals surface area (Å²) >= 11 is 0. The molecule has 1 aromatic heterocycles. The number of carbonyl (C=O) groups is 1. The number of amides is 1. The van der Waals surface area contributed by atoms with E-state index in [0.717, 1.165) is 36.7 Å². The molecule has 1 aromatic carbocycles. The Morgan fingerprint density at radius 1 is 1.37 bits per heavy atom. The van der Waals surface area contributed by atoms with Gasteiger partial charge in [0.05, 0.1) is 5.69 Å². The van der Waals surface area contributed by atoms with Crippen LogP contribution in [0.1, 0.15) is 25.3 Å². The molecule has 27 heavy (non-hydrogen) atoms. The van der Waals surface area contributed by atoms with Crippen LogP contribution in [0.25, 0.3) is 5.69 Å². The van der Waals surface area contributed by atoms with Gasteiger partial charge in [0.1, 0.15) is 0 Å². The molecule has 146 valence electrons. The van der Waals surface area contributed by atoms with Gasteiger partial charge in [-0.1, -0.05) is 19.1 Å². The first kappa shape index (κ1) is 21.2. The van der Waals surface area contributed by atoms with E-state index in [1.165, 1.54) is 0 Å². The third-order valence-corrected chi connectivity index (χ3v) is 4.55. The molecular weight excluding hydrogens is 455 g/mol. The first-order valence-electron chi connectivity index (χ1n) is 9.03. The number of hydrogen-bond donors (Lipinski definition) is 2. The molecule has 1 amide bonds. The van der Waals surface area contributed by atoms with Gasteiger partial charge < -0.3 is 15.5 Å². The number of aromatic nitrogens is 2. The minimum absolute atomic E-state index is 0. The normalized spacial score (nSPS) is 16.7. The van der Waals surface area contributed by atoms with Gasteiger partial charge in [0.25, 0.3) is 0 Å². The highest BCUT2D eigenvalue weighted by molar-refractivity contribution is 14.0. The molecule has 0 saturated carbocycles. The molecule has 3 rings (SSSR count). The number of guanidine groups is 1. The second-order valence-corrected chi connectivity index (χ2v) is 6.37. The molecule has 0 aliphatic carbocycles. The molecule has 1 atom stereocenters. The molecule has 1 unspecified atom stereocenters. The molecule has 0 bridgehead atoms. The minimum Gasteiger partial charge on any atom is -0.352 e. The standard InChI is InChI=1S/C19H26N6O.HI/c1-3-18(26)24-11-8-16(14-24)23-19(20-2)21-13-15-6-4-7-17(12-15)25-10-5-9-22-25;/h4-7,9-10,12,16H,3,8,11,13-14H2,1-2H3,(H2,20,21,23);1H. The van der Waals surface area contributed by atoms with Crippen LogP contribution in [0, 0.1) is 0 Å². The maximum atomic E-state index is 11.8. The van der Waals surface area contributed by atoms with Crippen LogP contribution < -0.4 is 10.6 Å². The molecule has 1 aliphatic rings. The highest BCUT2D eigenvalue weighted by atomic mass is 127. The zero-order valence-electron chi connectivity index (χ0n) is 15.8. The number of halogens is 1. The predicted octanol–water partition coefficient (Wildman–Crippen LogP) is 2.17. The van der Waals surface area contributed by atoms with Crippen molar-refractivity contribution >= 4 is 35.8 Å². The monoisotopic (exact) mass is 482 g/mol. The lowest BCUT2D eigenvalue weighted by Gasteiger charge is -2.19. The Morgan fingerprint density at radius 3 is 2.93 bits per heavy atom. The fourth-order valence-electron chi connectivity index (χ4n) is 3.13. The number of rotatable bonds is 5. The molecule has 1 aliphatic heterocycles. The Labute approximate surface area is 177 Å². The number of nitrogens with zero attached hydrogens (tertiary/aromatic N) is 4. The van der Waals surface area contributed by atoms with Crippen LogP contribution in [0.2, 0.25) is 0 Å². The first-order chi connectivity index (χ1) is 12.7. The van der Waals surface area contributed by atoms with E-state index in [1.54, 1.807) is 13.2 Å². The van der Waals surface area contributed by atoms with Crippen molar-refractivity contribution in [3.05, 3.63) is 48.3 Å². The second kappa shape index (κ2) is 10.3. The van der Waals surface area contributed by atoms with E-state index in [9.17, 15) is 4.79 Å². The van der Waals surface area contributed by atoms with E-state index in [2.05, 4.69) is 32.9 Å². The molecular formula is C19H27IN6O. The van der Waals surface area contributed by atoms with Crippen molar-refractivity contribution in [3.8, 4) is 5.69 Å². The van der Waals surface area contributed by atoms with Gasteiger partial charge in [-0.2, -0.15) is 5.10 Å². The van der Waals surface area contributed by atoms with E-state index >= 15 is 0 Å². The van der Waals surface area contributed by atoms with E-state index in [1.807, 2.05) is 40.9 Å². The summed E-state index contributed by atoms with van der Waals surface area (Å²) in [6.45, 7) is 4.12. The molecule has 7 nitrogen and oxygen atoms in total. The van der Waals surface area contributed by atoms with Crippen LogP contribution in [-0.4, -0.2) is 52.7 Å². The van der Waals surface area contributed by atoms with E-state index in [4.69, 9.17) is 0 Å². The lowest BCUT2D eigenvalue weighted by molar-refractivity contribution is -0.129. The predicted molar refractivity (Wildman–Crippen MR) is 118 cm³/mol. The van der Waals surface area contributed by atoms with Crippen molar-refractivity contribution in [2.45, 2.75) is 32.4 Å². The Morgan fingerprint density at radius 2 is 2.22 bits per heavy atom. The molecule has 0 radical (unpaired) electrons. The van der Waals surface area contributed by atoms with Gasteiger partial charge in [-0.3, -0.25) is 9.79 Å². The van der Waals surface area contributed by atoms with Gasteiger partial charge in [-0.15, -0.1) is 24.0 Å². The van der Waals surface area contributed by atoms with Gasteiger partial charge in [-0.05, 0) is 30.2 Å². The summed E-state index contributed by atoms with van der Waals surface area (Å²) in [5.74, 6) is 0.970. The van der Waals surface area contributed by atoms with Crippen molar-refractivity contribution in [2.75, 3.05) is 20.1 Å². The minimum atomic E-state index is 0. The molecule has 2 heterocycles. The van der Waals surface area contributed by atoms with Crippen molar-refractivity contribution in [1.82, 2.24) is 25.3 Å². The number of carbonyl (C=O) groups excluding carboxylic acids is 1. The smallest absolute Gasteiger partial charge is 0.222 e. The Bertz CT molecular complexity index is 761. The fraction of sp³-hybridized carbons (Fsp3) is 0.421. The Balaban J connectivity index is 0.00000261. The van der Waals surface area contributed by atoms with Crippen molar-refractivity contribution in [1.29, 1.82) is 0 Å². The maximum Gasteiger partial charge on any atom is 0.222 e. The summed E-state index contributed by atoms with van der Waals surface area (Å²) < 4.78 is 1.84. The molecule has 0 spiro atoms.